The summed E-state index contributed by atoms with van der Waals surface area (Å²) in [5.41, 5.74) is 2.86. The minimum absolute atomic E-state index is 0.00326. The Kier molecular flexibility index (Phi) is 4.80. The molecule has 6 nitrogen and oxygen atoms in total. The molecule has 3 rings (SSSR count). The number of amides is 1. The van der Waals surface area contributed by atoms with Crippen LogP contribution in [0.1, 0.15) is 40.0 Å². The third-order valence-electron chi connectivity index (χ3n) is 4.63. The van der Waals surface area contributed by atoms with E-state index in [0.29, 0.717) is 6.54 Å². The van der Waals surface area contributed by atoms with Gasteiger partial charge in [-0.1, -0.05) is 23.8 Å². The fourth-order valence-electron chi connectivity index (χ4n) is 2.86. The fourth-order valence-corrected chi connectivity index (χ4v) is 3.39. The Balaban J connectivity index is 1.58. The van der Waals surface area contributed by atoms with Crippen LogP contribution in [0.5, 0.6) is 0 Å². The summed E-state index contributed by atoms with van der Waals surface area (Å²) in [6.45, 7) is 6.78. The lowest BCUT2D eigenvalue weighted by Gasteiger charge is -2.32. The first-order valence-corrected chi connectivity index (χ1v) is 9.06. The molecule has 0 saturated heterocycles. The standard InChI is InChI=1S/C17H23N5OS/c1-12-4-6-17(3,7-5-12)16(23)19-13(2)9-22-10-15(20-21-22)14-8-18-24-11-14/h4,8,10-11,13H,5-7,9H2,1-3H3,(H,19,23)/t13-,17?/m1/s1. The summed E-state index contributed by atoms with van der Waals surface area (Å²) in [5, 5.41) is 13.4. The molecule has 1 aliphatic rings. The molecule has 24 heavy (non-hydrogen) atoms. The maximum absolute atomic E-state index is 12.6. The highest BCUT2D eigenvalue weighted by Gasteiger charge is 2.34. The van der Waals surface area contributed by atoms with Gasteiger partial charge in [0.05, 0.1) is 24.4 Å². The summed E-state index contributed by atoms with van der Waals surface area (Å²) < 4.78 is 5.84. The van der Waals surface area contributed by atoms with Gasteiger partial charge in [0.25, 0.3) is 0 Å². The van der Waals surface area contributed by atoms with Gasteiger partial charge >= 0.3 is 0 Å². The van der Waals surface area contributed by atoms with E-state index in [1.807, 2.05) is 18.5 Å². The summed E-state index contributed by atoms with van der Waals surface area (Å²) in [4.78, 5) is 12.6. The number of allylic oxidation sites excluding steroid dienone is 2. The Bertz CT molecular complexity index is 736. The topological polar surface area (TPSA) is 72.7 Å². The largest absolute Gasteiger partial charge is 0.351 e. The molecule has 0 bridgehead atoms. The van der Waals surface area contributed by atoms with Crippen LogP contribution >= 0.6 is 11.5 Å². The van der Waals surface area contributed by atoms with Gasteiger partial charge in [-0.25, -0.2) is 9.06 Å². The number of carbonyl (C=O) groups is 1. The van der Waals surface area contributed by atoms with Crippen LogP contribution in [-0.2, 0) is 11.3 Å². The fraction of sp³-hybridized carbons (Fsp3) is 0.529. The van der Waals surface area contributed by atoms with Crippen molar-refractivity contribution in [3.63, 3.8) is 0 Å². The van der Waals surface area contributed by atoms with Crippen LogP contribution in [0.15, 0.2) is 29.4 Å². The summed E-state index contributed by atoms with van der Waals surface area (Å²) in [5.74, 6) is 0.126. The third kappa shape index (κ3) is 3.72. The van der Waals surface area contributed by atoms with Crippen LogP contribution in [0.2, 0.25) is 0 Å². The average molecular weight is 345 g/mol. The van der Waals surface area contributed by atoms with Gasteiger partial charge in [0, 0.05) is 17.0 Å². The van der Waals surface area contributed by atoms with Crippen LogP contribution in [0.25, 0.3) is 11.3 Å². The van der Waals surface area contributed by atoms with Crippen molar-refractivity contribution in [2.24, 2.45) is 5.41 Å². The van der Waals surface area contributed by atoms with E-state index in [4.69, 9.17) is 0 Å². The monoisotopic (exact) mass is 345 g/mol. The molecule has 7 heteroatoms. The molecule has 1 N–H and O–H groups in total. The van der Waals surface area contributed by atoms with Gasteiger partial charge in [-0.15, -0.1) is 5.10 Å². The van der Waals surface area contributed by atoms with Gasteiger partial charge in [0.1, 0.15) is 5.69 Å². The number of hydrogen-bond acceptors (Lipinski definition) is 5. The van der Waals surface area contributed by atoms with Crippen LogP contribution in [0.3, 0.4) is 0 Å². The number of nitrogens with zero attached hydrogens (tertiary/aromatic N) is 4. The second-order valence-electron chi connectivity index (χ2n) is 6.93. The van der Waals surface area contributed by atoms with Gasteiger partial charge in [-0.05, 0) is 44.6 Å². The SMILES string of the molecule is CC1=CCC(C)(C(=O)N[C@H](C)Cn2cc(-c3cnsc3)nn2)CC1. The number of carbonyl (C=O) groups excluding carboxylic acids is 1. The van der Waals surface area contributed by atoms with Gasteiger partial charge in [0.15, 0.2) is 0 Å². The van der Waals surface area contributed by atoms with E-state index < -0.39 is 0 Å². The van der Waals surface area contributed by atoms with Gasteiger partial charge in [-0.2, -0.15) is 0 Å². The van der Waals surface area contributed by atoms with E-state index >= 15 is 0 Å². The van der Waals surface area contributed by atoms with E-state index in [0.717, 1.165) is 30.5 Å². The van der Waals surface area contributed by atoms with Crippen molar-refractivity contribution in [3.05, 3.63) is 29.4 Å². The van der Waals surface area contributed by atoms with Gasteiger partial charge in [0.2, 0.25) is 5.91 Å². The summed E-state index contributed by atoms with van der Waals surface area (Å²) in [7, 11) is 0. The van der Waals surface area contributed by atoms with E-state index in [-0.39, 0.29) is 17.4 Å². The lowest BCUT2D eigenvalue weighted by atomic mass is 9.76. The lowest BCUT2D eigenvalue weighted by Crippen LogP contribution is -2.45. The van der Waals surface area contributed by atoms with Crippen molar-refractivity contribution in [1.82, 2.24) is 24.7 Å². The number of nitrogens with one attached hydrogen (secondary N) is 1. The quantitative estimate of drug-likeness (QED) is 0.846. The number of hydrogen-bond donors (Lipinski definition) is 1. The van der Waals surface area contributed by atoms with Crippen molar-refractivity contribution in [1.29, 1.82) is 0 Å². The molecule has 2 aromatic rings. The number of rotatable bonds is 5. The van der Waals surface area contributed by atoms with Gasteiger partial charge < -0.3 is 5.32 Å². The average Bonchev–Trinajstić information content (AvgIpc) is 3.21. The smallest absolute Gasteiger partial charge is 0.226 e. The first-order valence-electron chi connectivity index (χ1n) is 8.23. The Morgan fingerprint density at radius 1 is 1.54 bits per heavy atom. The second kappa shape index (κ2) is 6.84. The Morgan fingerprint density at radius 3 is 3.04 bits per heavy atom. The molecule has 0 radical (unpaired) electrons. The van der Waals surface area contributed by atoms with Gasteiger partial charge in [-0.3, -0.25) is 4.79 Å². The van der Waals surface area contributed by atoms with Crippen molar-refractivity contribution in [2.45, 2.75) is 52.6 Å². The first-order chi connectivity index (χ1) is 11.5. The molecule has 0 saturated carbocycles. The third-order valence-corrected chi connectivity index (χ3v) is 5.21. The lowest BCUT2D eigenvalue weighted by molar-refractivity contribution is -0.131. The van der Waals surface area contributed by atoms with Crippen LogP contribution in [-0.4, -0.2) is 31.3 Å². The minimum Gasteiger partial charge on any atom is -0.351 e. The van der Waals surface area contributed by atoms with E-state index in [9.17, 15) is 4.79 Å². The second-order valence-corrected chi connectivity index (χ2v) is 7.59. The Morgan fingerprint density at radius 2 is 2.38 bits per heavy atom. The molecule has 1 unspecified atom stereocenters. The molecule has 1 amide bonds. The molecule has 0 fully saturated rings. The molecule has 2 aromatic heterocycles. The predicted molar refractivity (Wildman–Crippen MR) is 94.4 cm³/mol. The zero-order valence-electron chi connectivity index (χ0n) is 14.3. The van der Waals surface area contributed by atoms with Crippen molar-refractivity contribution < 1.29 is 4.79 Å². The van der Waals surface area contributed by atoms with Crippen molar-refractivity contribution in [3.8, 4) is 11.3 Å². The highest BCUT2D eigenvalue weighted by atomic mass is 32.1. The normalized spacial score (nSPS) is 22.0. The van der Waals surface area contributed by atoms with Crippen LogP contribution in [0.4, 0.5) is 0 Å². The maximum Gasteiger partial charge on any atom is 0.226 e. The Labute approximate surface area is 146 Å². The molecule has 0 spiro atoms. The summed E-state index contributed by atoms with van der Waals surface area (Å²) >= 11 is 1.39. The zero-order chi connectivity index (χ0) is 17.2. The highest BCUT2D eigenvalue weighted by Crippen LogP contribution is 2.35. The summed E-state index contributed by atoms with van der Waals surface area (Å²) in [6.07, 6.45) is 8.58. The molecule has 0 aliphatic heterocycles. The maximum atomic E-state index is 12.6. The first kappa shape index (κ1) is 16.8. The molecular formula is C17H23N5OS. The predicted octanol–water partition coefficient (Wildman–Crippen LogP) is 3.04. The summed E-state index contributed by atoms with van der Waals surface area (Å²) in [6, 6.07) is -0.00326. The van der Waals surface area contributed by atoms with Crippen LogP contribution < -0.4 is 5.32 Å². The van der Waals surface area contributed by atoms with Crippen LogP contribution in [0, 0.1) is 5.41 Å². The zero-order valence-corrected chi connectivity index (χ0v) is 15.1. The minimum atomic E-state index is -0.302. The number of aromatic nitrogens is 4. The highest BCUT2D eigenvalue weighted by molar-refractivity contribution is 7.03. The van der Waals surface area contributed by atoms with Crippen molar-refractivity contribution in [2.75, 3.05) is 0 Å². The molecule has 0 aromatic carbocycles. The molecule has 2 heterocycles. The molecule has 128 valence electrons. The van der Waals surface area contributed by atoms with E-state index in [1.165, 1.54) is 17.1 Å². The van der Waals surface area contributed by atoms with E-state index in [1.54, 1.807) is 10.9 Å². The van der Waals surface area contributed by atoms with Crippen molar-refractivity contribution >= 4 is 17.4 Å². The Hall–Kier alpha value is -2.02. The molecular weight excluding hydrogens is 322 g/mol. The van der Waals surface area contributed by atoms with E-state index in [2.05, 4.69) is 39.9 Å². The molecule has 1 aliphatic carbocycles. The molecule has 2 atom stereocenters.